The van der Waals surface area contributed by atoms with Gasteiger partial charge < -0.3 is 10.1 Å². The summed E-state index contributed by atoms with van der Waals surface area (Å²) in [5, 5.41) is 7.73. The fourth-order valence-electron chi connectivity index (χ4n) is 1.76. The van der Waals surface area contributed by atoms with E-state index in [0.717, 1.165) is 0 Å². The van der Waals surface area contributed by atoms with Crippen LogP contribution in [0.2, 0.25) is 10.3 Å². The molecule has 1 N–H and O–H groups in total. The van der Waals surface area contributed by atoms with Crippen molar-refractivity contribution in [3.05, 3.63) is 34.8 Å². The Hall–Kier alpha value is -1.96. The molecule has 1 saturated heterocycles. The normalized spacial score (nSPS) is 15.0. The summed E-state index contributed by atoms with van der Waals surface area (Å²) >= 11 is 11.7. The number of nitrogens with zero attached hydrogens (tertiary/aromatic N) is 4. The predicted octanol–water partition coefficient (Wildman–Crippen LogP) is 1.63. The van der Waals surface area contributed by atoms with Crippen LogP contribution < -0.4 is 5.32 Å². The molecule has 0 bridgehead atoms. The van der Waals surface area contributed by atoms with E-state index in [9.17, 15) is 4.79 Å². The molecule has 2 aromatic rings. The molecular formula is C13H11Cl2N5O2. The largest absolute Gasteiger partial charge is 0.456 e. The minimum atomic E-state index is -0.418. The van der Waals surface area contributed by atoms with Gasteiger partial charge in [0.1, 0.15) is 22.7 Å². The lowest BCUT2D eigenvalue weighted by Crippen LogP contribution is -2.49. The first-order valence-corrected chi connectivity index (χ1v) is 7.20. The Kier molecular flexibility index (Phi) is 4.37. The van der Waals surface area contributed by atoms with E-state index >= 15 is 0 Å². The van der Waals surface area contributed by atoms with E-state index in [4.69, 9.17) is 27.9 Å². The number of carbonyl (C=O) groups excluding carboxylic acids is 1. The van der Waals surface area contributed by atoms with Gasteiger partial charge in [0.05, 0.1) is 0 Å². The number of hydrogen-bond donors (Lipinski definition) is 1. The van der Waals surface area contributed by atoms with Crippen molar-refractivity contribution in [2.24, 2.45) is 0 Å². The van der Waals surface area contributed by atoms with Crippen LogP contribution in [0, 0.1) is 0 Å². The zero-order valence-corrected chi connectivity index (χ0v) is 12.8. The second-order valence-electron chi connectivity index (χ2n) is 4.58. The van der Waals surface area contributed by atoms with E-state index in [1.807, 2.05) is 0 Å². The lowest BCUT2D eigenvalue weighted by atomic mass is 10.2. The second kappa shape index (κ2) is 6.43. The molecule has 0 spiro atoms. The first-order chi connectivity index (χ1) is 10.6. The molecular weight excluding hydrogens is 329 g/mol. The second-order valence-corrected chi connectivity index (χ2v) is 5.36. The lowest BCUT2D eigenvalue weighted by molar-refractivity contribution is -0.145. The molecule has 114 valence electrons. The number of ether oxygens (including phenoxy) is 1. The molecule has 0 atom stereocenters. The van der Waals surface area contributed by atoms with Crippen LogP contribution >= 0.6 is 23.2 Å². The van der Waals surface area contributed by atoms with Crippen molar-refractivity contribution in [3.8, 4) is 11.4 Å². The third kappa shape index (κ3) is 3.62. The van der Waals surface area contributed by atoms with Gasteiger partial charge in [-0.1, -0.05) is 23.2 Å². The van der Waals surface area contributed by atoms with E-state index in [1.165, 1.54) is 23.3 Å². The van der Waals surface area contributed by atoms with Gasteiger partial charge in [-0.2, -0.15) is 0 Å². The first kappa shape index (κ1) is 15.0. The maximum Gasteiger partial charge on any atom is 0.332 e. The third-order valence-electron chi connectivity index (χ3n) is 2.92. The Morgan fingerprint density at radius 3 is 2.73 bits per heavy atom. The molecule has 2 aromatic heterocycles. The average Bonchev–Trinajstić information content (AvgIpc) is 2.88. The molecule has 9 heteroatoms. The van der Waals surface area contributed by atoms with E-state index in [2.05, 4.69) is 20.4 Å². The Morgan fingerprint density at radius 1 is 1.36 bits per heavy atom. The highest BCUT2D eigenvalue weighted by atomic mass is 35.5. The molecule has 1 aliphatic rings. The first-order valence-electron chi connectivity index (χ1n) is 6.44. The number of carbonyl (C=O) groups is 1. The molecule has 1 aliphatic heterocycles. The van der Waals surface area contributed by atoms with Gasteiger partial charge >= 0.3 is 5.97 Å². The molecule has 1 fully saturated rings. The van der Waals surface area contributed by atoms with Crippen LogP contribution in [0.5, 0.6) is 0 Å². The summed E-state index contributed by atoms with van der Waals surface area (Å²) in [4.78, 5) is 19.5. The van der Waals surface area contributed by atoms with Gasteiger partial charge in [0.15, 0.2) is 5.82 Å². The van der Waals surface area contributed by atoms with E-state index in [0.29, 0.717) is 24.5 Å². The van der Waals surface area contributed by atoms with E-state index < -0.39 is 5.97 Å². The van der Waals surface area contributed by atoms with Crippen LogP contribution in [0.25, 0.3) is 17.6 Å². The molecule has 0 aromatic carbocycles. The monoisotopic (exact) mass is 339 g/mol. The molecule has 0 saturated carbocycles. The number of rotatable bonds is 4. The SMILES string of the molecule is O=C(C=Cn1cnc(-c2cc(Cl)nc(Cl)c2)n1)OC1CNC1. The van der Waals surface area contributed by atoms with E-state index in [1.54, 1.807) is 12.1 Å². The number of nitrogens with one attached hydrogen (secondary N) is 1. The topological polar surface area (TPSA) is 81.9 Å². The van der Waals surface area contributed by atoms with Crippen molar-refractivity contribution < 1.29 is 9.53 Å². The van der Waals surface area contributed by atoms with Gasteiger partial charge in [-0.15, -0.1) is 5.10 Å². The van der Waals surface area contributed by atoms with Gasteiger partial charge in [0, 0.05) is 30.9 Å². The number of halogens is 2. The quantitative estimate of drug-likeness (QED) is 0.518. The lowest BCUT2D eigenvalue weighted by Gasteiger charge is -2.25. The Bertz CT molecular complexity index is 707. The summed E-state index contributed by atoms with van der Waals surface area (Å²) in [6.07, 6.45) is 4.18. The molecule has 0 radical (unpaired) electrons. The van der Waals surface area contributed by atoms with Crippen molar-refractivity contribution in [1.29, 1.82) is 0 Å². The molecule has 3 heterocycles. The average molecular weight is 340 g/mol. The number of esters is 1. The van der Waals surface area contributed by atoms with Crippen molar-refractivity contribution in [2.45, 2.75) is 6.10 Å². The highest BCUT2D eigenvalue weighted by molar-refractivity contribution is 6.32. The summed E-state index contributed by atoms with van der Waals surface area (Å²) in [5.41, 5.74) is 0.639. The highest BCUT2D eigenvalue weighted by Crippen LogP contribution is 2.21. The summed E-state index contributed by atoms with van der Waals surface area (Å²) in [7, 11) is 0. The smallest absolute Gasteiger partial charge is 0.332 e. The van der Waals surface area contributed by atoms with Crippen LogP contribution in [0.3, 0.4) is 0 Å². The fraction of sp³-hybridized carbons (Fsp3) is 0.231. The van der Waals surface area contributed by atoms with Gasteiger partial charge in [-0.05, 0) is 12.1 Å². The zero-order chi connectivity index (χ0) is 15.5. The van der Waals surface area contributed by atoms with E-state index in [-0.39, 0.29) is 16.4 Å². The van der Waals surface area contributed by atoms with Gasteiger partial charge in [0.2, 0.25) is 0 Å². The summed E-state index contributed by atoms with van der Waals surface area (Å²) in [6.45, 7) is 1.38. The summed E-state index contributed by atoms with van der Waals surface area (Å²) in [6, 6.07) is 3.21. The maximum absolute atomic E-state index is 11.5. The van der Waals surface area contributed by atoms with Crippen LogP contribution in [0.4, 0.5) is 0 Å². The van der Waals surface area contributed by atoms with Crippen molar-refractivity contribution >= 4 is 35.4 Å². The molecule has 7 nitrogen and oxygen atoms in total. The number of hydrogen-bond acceptors (Lipinski definition) is 6. The van der Waals surface area contributed by atoms with Crippen molar-refractivity contribution in [1.82, 2.24) is 25.1 Å². The standard InChI is InChI=1S/C13H11Cl2N5O2/c14-10-3-8(4-11(15)18-10)13-17-7-20(19-13)2-1-12(21)22-9-5-16-6-9/h1-4,7,9,16H,5-6H2. The minimum Gasteiger partial charge on any atom is -0.456 e. The Balaban J connectivity index is 1.69. The summed E-state index contributed by atoms with van der Waals surface area (Å²) < 4.78 is 6.54. The molecule has 3 rings (SSSR count). The molecule has 0 unspecified atom stereocenters. The van der Waals surface area contributed by atoms with Gasteiger partial charge in [-0.3, -0.25) is 0 Å². The molecule has 0 amide bonds. The summed E-state index contributed by atoms with van der Waals surface area (Å²) in [5.74, 6) is 0.00552. The maximum atomic E-state index is 11.5. The highest BCUT2D eigenvalue weighted by Gasteiger charge is 2.19. The predicted molar refractivity (Wildman–Crippen MR) is 81.4 cm³/mol. The zero-order valence-electron chi connectivity index (χ0n) is 11.2. The fourth-order valence-corrected chi connectivity index (χ4v) is 2.22. The van der Waals surface area contributed by atoms with Crippen LogP contribution in [0.1, 0.15) is 0 Å². The molecule has 0 aliphatic carbocycles. The molecule has 22 heavy (non-hydrogen) atoms. The van der Waals surface area contributed by atoms with Crippen molar-refractivity contribution in [2.75, 3.05) is 13.1 Å². The van der Waals surface area contributed by atoms with Gasteiger partial charge in [-0.25, -0.2) is 19.4 Å². The van der Waals surface area contributed by atoms with Gasteiger partial charge in [0.25, 0.3) is 0 Å². The van der Waals surface area contributed by atoms with Crippen LogP contribution in [-0.2, 0) is 9.53 Å². The van der Waals surface area contributed by atoms with Crippen LogP contribution in [-0.4, -0.2) is 44.9 Å². The minimum absolute atomic E-state index is 0.0513. The Morgan fingerprint density at radius 2 is 2.09 bits per heavy atom. The number of pyridine rings is 1. The number of aromatic nitrogens is 4. The van der Waals surface area contributed by atoms with Crippen molar-refractivity contribution in [3.63, 3.8) is 0 Å². The Labute approximate surface area is 135 Å². The van der Waals surface area contributed by atoms with Crippen LogP contribution in [0.15, 0.2) is 24.5 Å². The third-order valence-corrected chi connectivity index (χ3v) is 3.31.